The average molecular weight is 364 g/mol. The van der Waals surface area contributed by atoms with Crippen molar-refractivity contribution in [2.75, 3.05) is 7.11 Å². The number of methoxy groups -OCH3 is 1. The van der Waals surface area contributed by atoms with E-state index in [4.69, 9.17) is 11.1 Å². The van der Waals surface area contributed by atoms with Gasteiger partial charge in [0.15, 0.2) is 5.82 Å². The summed E-state index contributed by atoms with van der Waals surface area (Å²) in [5.41, 5.74) is 9.62. The summed E-state index contributed by atoms with van der Waals surface area (Å²) >= 11 is 0. The molecule has 0 spiro atoms. The molecule has 8 nitrogen and oxygen atoms in total. The van der Waals surface area contributed by atoms with Gasteiger partial charge in [-0.15, -0.1) is 10.2 Å². The normalized spacial score (nSPS) is 10.6. The molecule has 0 amide bonds. The third kappa shape index (κ3) is 4.17. The molecule has 0 fully saturated rings. The number of nitrogen functional groups attached to an aromatic ring is 1. The molecule has 3 N–H and O–H groups in total. The summed E-state index contributed by atoms with van der Waals surface area (Å²) < 4.78 is 6.39. The van der Waals surface area contributed by atoms with Crippen molar-refractivity contribution in [2.24, 2.45) is 5.73 Å². The summed E-state index contributed by atoms with van der Waals surface area (Å²) in [4.78, 5) is 15.5. The van der Waals surface area contributed by atoms with Crippen LogP contribution in [0.2, 0.25) is 0 Å². The molecule has 0 aliphatic carbocycles. The van der Waals surface area contributed by atoms with Crippen molar-refractivity contribution < 1.29 is 9.53 Å². The summed E-state index contributed by atoms with van der Waals surface area (Å²) in [7, 11) is 1.37. The van der Waals surface area contributed by atoms with Crippen LogP contribution in [-0.4, -0.2) is 38.7 Å². The molecular formula is C19H20N6O2. The minimum atomic E-state index is -0.264. The van der Waals surface area contributed by atoms with Crippen LogP contribution in [0.1, 0.15) is 23.2 Å². The first kappa shape index (κ1) is 18.2. The number of carbonyl (C=O) groups excluding carboxylic acids is 1. The number of aromatic nitrogens is 4. The van der Waals surface area contributed by atoms with E-state index in [0.29, 0.717) is 17.8 Å². The summed E-state index contributed by atoms with van der Waals surface area (Å²) in [6.07, 6.45) is 4.25. The molecule has 8 heteroatoms. The van der Waals surface area contributed by atoms with Gasteiger partial charge in [0.05, 0.1) is 24.9 Å². The Morgan fingerprint density at radius 2 is 2.07 bits per heavy atom. The summed E-state index contributed by atoms with van der Waals surface area (Å²) in [6.45, 7) is 1.95. The third-order valence-electron chi connectivity index (χ3n) is 4.18. The second kappa shape index (κ2) is 7.77. The second-order valence-electron chi connectivity index (χ2n) is 6.07. The number of nitrogens with one attached hydrogen (secondary N) is 1. The number of rotatable bonds is 6. The van der Waals surface area contributed by atoms with Gasteiger partial charge in [-0.25, -0.2) is 4.98 Å². The highest BCUT2D eigenvalue weighted by Gasteiger charge is 2.09. The Bertz CT molecular complexity index is 978. The number of imidazole rings is 1. The molecular weight excluding hydrogens is 344 g/mol. The maximum absolute atomic E-state index is 11.2. The van der Waals surface area contributed by atoms with Crippen molar-refractivity contribution in [3.05, 3.63) is 59.7 Å². The van der Waals surface area contributed by atoms with E-state index in [9.17, 15) is 4.79 Å². The Morgan fingerprint density at radius 1 is 1.26 bits per heavy atom. The second-order valence-corrected chi connectivity index (χ2v) is 6.07. The largest absolute Gasteiger partial charge is 0.469 e. The SMILES string of the molecule is COC(=O)CCc1cn(-c2ccc(-c3ccc(C(=N)N)cc3C)nn2)cn1. The van der Waals surface area contributed by atoms with Gasteiger partial charge in [0.2, 0.25) is 0 Å². The fourth-order valence-corrected chi connectivity index (χ4v) is 2.68. The zero-order chi connectivity index (χ0) is 19.4. The molecule has 0 aliphatic heterocycles. The van der Waals surface area contributed by atoms with Crippen molar-refractivity contribution in [3.63, 3.8) is 0 Å². The number of amidine groups is 1. The fourth-order valence-electron chi connectivity index (χ4n) is 2.68. The minimum Gasteiger partial charge on any atom is -0.469 e. The molecule has 27 heavy (non-hydrogen) atoms. The van der Waals surface area contributed by atoms with Crippen LogP contribution in [0.25, 0.3) is 17.1 Å². The molecule has 1 aromatic carbocycles. The Hall–Kier alpha value is -3.55. The van der Waals surface area contributed by atoms with Crippen molar-refractivity contribution in [3.8, 4) is 17.1 Å². The number of esters is 1. The van der Waals surface area contributed by atoms with E-state index < -0.39 is 0 Å². The van der Waals surface area contributed by atoms with Crippen molar-refractivity contribution in [1.29, 1.82) is 5.41 Å². The number of benzene rings is 1. The van der Waals surface area contributed by atoms with Gasteiger partial charge >= 0.3 is 5.97 Å². The summed E-state index contributed by atoms with van der Waals surface area (Å²) in [6, 6.07) is 9.27. The van der Waals surface area contributed by atoms with Gasteiger partial charge in [0, 0.05) is 23.7 Å². The number of nitrogens with two attached hydrogens (primary N) is 1. The van der Waals surface area contributed by atoms with Crippen LogP contribution >= 0.6 is 0 Å². The van der Waals surface area contributed by atoms with Gasteiger partial charge in [0.25, 0.3) is 0 Å². The van der Waals surface area contributed by atoms with Gasteiger partial charge < -0.3 is 10.5 Å². The molecule has 0 saturated heterocycles. The lowest BCUT2D eigenvalue weighted by atomic mass is 10.0. The van der Waals surface area contributed by atoms with E-state index in [0.717, 1.165) is 22.5 Å². The fraction of sp³-hybridized carbons (Fsp3) is 0.211. The molecule has 2 heterocycles. The van der Waals surface area contributed by atoms with E-state index in [1.165, 1.54) is 7.11 Å². The van der Waals surface area contributed by atoms with Gasteiger partial charge in [0.1, 0.15) is 12.2 Å². The quantitative estimate of drug-likeness (QED) is 0.392. The number of hydrogen-bond acceptors (Lipinski definition) is 6. The Morgan fingerprint density at radius 3 is 2.70 bits per heavy atom. The van der Waals surface area contributed by atoms with Crippen LogP contribution in [0.15, 0.2) is 42.9 Å². The van der Waals surface area contributed by atoms with Gasteiger partial charge in [-0.3, -0.25) is 14.8 Å². The predicted molar refractivity (Wildman–Crippen MR) is 101 cm³/mol. The smallest absolute Gasteiger partial charge is 0.305 e. The molecule has 0 saturated carbocycles. The molecule has 0 aliphatic rings. The molecule has 0 unspecified atom stereocenters. The molecule has 0 radical (unpaired) electrons. The number of aryl methyl sites for hydroxylation is 2. The van der Waals surface area contributed by atoms with Crippen molar-refractivity contribution in [2.45, 2.75) is 19.8 Å². The predicted octanol–water partition coefficient (Wildman–Crippen LogP) is 2.03. The van der Waals surface area contributed by atoms with Gasteiger partial charge in [-0.1, -0.05) is 12.1 Å². The molecule has 0 bridgehead atoms. The molecule has 138 valence electrons. The lowest BCUT2D eigenvalue weighted by molar-refractivity contribution is -0.140. The first-order valence-corrected chi connectivity index (χ1v) is 8.37. The minimum absolute atomic E-state index is 0.0363. The highest BCUT2D eigenvalue weighted by molar-refractivity contribution is 5.95. The van der Waals surface area contributed by atoms with Crippen molar-refractivity contribution in [1.82, 2.24) is 19.7 Å². The topological polar surface area (TPSA) is 120 Å². The van der Waals surface area contributed by atoms with Crippen LogP contribution in [0.4, 0.5) is 0 Å². The average Bonchev–Trinajstić information content (AvgIpc) is 3.15. The monoisotopic (exact) mass is 364 g/mol. The number of hydrogen-bond donors (Lipinski definition) is 2. The van der Waals surface area contributed by atoms with Gasteiger partial charge in [-0.2, -0.15) is 0 Å². The van der Waals surface area contributed by atoms with E-state index in [2.05, 4.69) is 19.9 Å². The first-order chi connectivity index (χ1) is 13.0. The van der Waals surface area contributed by atoms with Gasteiger partial charge in [-0.05, 0) is 30.7 Å². The van der Waals surface area contributed by atoms with Crippen LogP contribution in [0.5, 0.6) is 0 Å². The standard InChI is InChI=1S/C19H20N6O2/c1-12-9-13(19(20)21)3-5-15(12)16-6-7-17(24-23-16)25-10-14(22-11-25)4-8-18(26)27-2/h3,5-7,9-11H,4,8H2,1-2H3,(H3,20,21). The first-order valence-electron chi connectivity index (χ1n) is 8.37. The van der Waals surface area contributed by atoms with Crippen LogP contribution in [0.3, 0.4) is 0 Å². The maximum Gasteiger partial charge on any atom is 0.305 e. The Kier molecular flexibility index (Phi) is 5.25. The zero-order valence-corrected chi connectivity index (χ0v) is 15.1. The number of carbonyl (C=O) groups is 1. The molecule has 3 aromatic rings. The molecule has 2 aromatic heterocycles. The highest BCUT2D eigenvalue weighted by atomic mass is 16.5. The van der Waals surface area contributed by atoms with E-state index in [-0.39, 0.29) is 18.2 Å². The molecule has 3 rings (SSSR count). The Labute approximate surface area is 156 Å². The maximum atomic E-state index is 11.2. The van der Waals surface area contributed by atoms with Crippen LogP contribution in [-0.2, 0) is 16.0 Å². The van der Waals surface area contributed by atoms with Crippen molar-refractivity contribution >= 4 is 11.8 Å². The van der Waals surface area contributed by atoms with Crippen LogP contribution < -0.4 is 5.73 Å². The summed E-state index contributed by atoms with van der Waals surface area (Å²) in [5.74, 6) is 0.405. The lowest BCUT2D eigenvalue weighted by Gasteiger charge is -2.08. The number of ether oxygens (including phenoxy) is 1. The van der Waals surface area contributed by atoms with E-state index in [1.54, 1.807) is 17.0 Å². The third-order valence-corrected chi connectivity index (χ3v) is 4.18. The van der Waals surface area contributed by atoms with Crippen LogP contribution in [0, 0.1) is 12.3 Å². The molecule has 0 atom stereocenters. The lowest BCUT2D eigenvalue weighted by Crippen LogP contribution is -2.11. The number of nitrogens with zero attached hydrogens (tertiary/aromatic N) is 4. The zero-order valence-electron chi connectivity index (χ0n) is 15.1. The Balaban J connectivity index is 1.77. The van der Waals surface area contributed by atoms with E-state index in [1.807, 2.05) is 37.4 Å². The summed E-state index contributed by atoms with van der Waals surface area (Å²) in [5, 5.41) is 16.1. The highest BCUT2D eigenvalue weighted by Crippen LogP contribution is 2.22. The van der Waals surface area contributed by atoms with E-state index >= 15 is 0 Å².